The predicted octanol–water partition coefficient (Wildman–Crippen LogP) is 0.160. The number of esters is 1. The molecule has 0 aliphatic rings. The molecule has 0 saturated heterocycles. The van der Waals surface area contributed by atoms with Crippen molar-refractivity contribution in [3.8, 4) is 0 Å². The number of oxime groups is 1. The van der Waals surface area contributed by atoms with Gasteiger partial charge in [0.05, 0.1) is 7.11 Å². The molecule has 2 N–H and O–H groups in total. The smallest absolute Gasteiger partial charge is 0.325 e. The van der Waals surface area contributed by atoms with Gasteiger partial charge in [0.15, 0.2) is 0 Å². The molecule has 1 rings (SSSR count). The fourth-order valence-corrected chi connectivity index (χ4v) is 1.31. The maximum atomic E-state index is 11.7. The number of nitrogens with one attached hydrogen (secondary N) is 2. The van der Waals surface area contributed by atoms with Gasteiger partial charge in [0.1, 0.15) is 19.9 Å². The van der Waals surface area contributed by atoms with Crippen LogP contribution in [-0.4, -0.2) is 44.8 Å². The van der Waals surface area contributed by atoms with Crippen LogP contribution < -0.4 is 10.6 Å². The molecule has 8 nitrogen and oxygen atoms in total. The van der Waals surface area contributed by atoms with Crippen molar-refractivity contribution in [1.82, 2.24) is 5.32 Å². The highest BCUT2D eigenvalue weighted by atomic mass is 16.6. The third-order valence-electron chi connectivity index (χ3n) is 2.31. The van der Waals surface area contributed by atoms with Crippen molar-refractivity contribution in [2.24, 2.45) is 5.16 Å². The molecule has 0 bridgehead atoms. The molecule has 0 aromatic heterocycles. The Hall–Kier alpha value is -2.90. The van der Waals surface area contributed by atoms with Crippen molar-refractivity contribution < 1.29 is 24.0 Å². The Morgan fingerprint density at radius 1 is 1.19 bits per heavy atom. The fraction of sp³-hybridized carbons (Fsp3) is 0.231. The van der Waals surface area contributed by atoms with E-state index in [4.69, 9.17) is 0 Å². The number of hydrogen-bond donors (Lipinski definition) is 2. The van der Waals surface area contributed by atoms with Gasteiger partial charge in [-0.15, -0.1) is 0 Å². The summed E-state index contributed by atoms with van der Waals surface area (Å²) in [5.41, 5.74) is 0.842. The second-order valence-corrected chi connectivity index (χ2v) is 3.74. The second kappa shape index (κ2) is 8.31. The van der Waals surface area contributed by atoms with E-state index < -0.39 is 17.8 Å². The molecular formula is C13H15N3O5. The van der Waals surface area contributed by atoms with E-state index in [0.717, 1.165) is 6.21 Å². The first kappa shape index (κ1) is 16.2. The van der Waals surface area contributed by atoms with Crippen LogP contribution in [0.2, 0.25) is 0 Å². The molecule has 0 unspecified atom stereocenters. The maximum absolute atomic E-state index is 11.7. The molecule has 0 spiro atoms. The Morgan fingerprint density at radius 2 is 1.86 bits per heavy atom. The Kier molecular flexibility index (Phi) is 6.39. The van der Waals surface area contributed by atoms with E-state index in [0.29, 0.717) is 11.3 Å². The van der Waals surface area contributed by atoms with E-state index in [1.54, 1.807) is 12.1 Å². The molecule has 112 valence electrons. The minimum Gasteiger partial charge on any atom is -0.468 e. The van der Waals surface area contributed by atoms with Crippen LogP contribution >= 0.6 is 0 Å². The number of rotatable bonds is 6. The molecular weight excluding hydrogens is 278 g/mol. The fourth-order valence-electron chi connectivity index (χ4n) is 1.31. The molecule has 0 fully saturated rings. The van der Waals surface area contributed by atoms with Gasteiger partial charge in [-0.1, -0.05) is 5.16 Å². The lowest BCUT2D eigenvalue weighted by molar-refractivity contribution is -0.139. The van der Waals surface area contributed by atoms with Crippen LogP contribution in [0.5, 0.6) is 0 Å². The standard InChI is InChI=1S/C13H15N3O5/c1-20-12(18)8-14-13(19)9-3-5-10(6-4-9)16-11(17)7-15-21-2/h3-7H,8H2,1-2H3,(H,14,19)(H,16,17). The molecule has 0 aliphatic carbocycles. The lowest BCUT2D eigenvalue weighted by atomic mass is 10.2. The number of carbonyl (C=O) groups excluding carboxylic acids is 3. The number of benzene rings is 1. The third kappa shape index (κ3) is 5.72. The third-order valence-corrected chi connectivity index (χ3v) is 2.31. The molecule has 2 amide bonds. The van der Waals surface area contributed by atoms with E-state index in [-0.39, 0.29) is 6.54 Å². The van der Waals surface area contributed by atoms with Crippen molar-refractivity contribution in [1.29, 1.82) is 0 Å². The van der Waals surface area contributed by atoms with Gasteiger partial charge in [0.2, 0.25) is 0 Å². The molecule has 21 heavy (non-hydrogen) atoms. The SMILES string of the molecule is CON=CC(=O)Nc1ccc(C(=O)NCC(=O)OC)cc1. The summed E-state index contributed by atoms with van der Waals surface area (Å²) in [6.07, 6.45) is 0.983. The lowest BCUT2D eigenvalue weighted by Crippen LogP contribution is -2.30. The summed E-state index contributed by atoms with van der Waals surface area (Å²) in [5.74, 6) is -1.41. The zero-order valence-corrected chi connectivity index (χ0v) is 11.6. The lowest BCUT2D eigenvalue weighted by Gasteiger charge is -2.05. The average Bonchev–Trinajstić information content (AvgIpc) is 2.50. The highest BCUT2D eigenvalue weighted by molar-refractivity contribution is 6.31. The molecule has 0 atom stereocenters. The van der Waals surface area contributed by atoms with Crippen LogP contribution in [0.1, 0.15) is 10.4 Å². The predicted molar refractivity (Wildman–Crippen MR) is 74.9 cm³/mol. The minimum absolute atomic E-state index is 0.207. The number of amides is 2. The van der Waals surface area contributed by atoms with Crippen LogP contribution in [0, 0.1) is 0 Å². The number of anilines is 1. The summed E-state index contributed by atoms with van der Waals surface area (Å²) in [5, 5.41) is 8.25. The van der Waals surface area contributed by atoms with Gasteiger partial charge in [-0.05, 0) is 24.3 Å². The first-order valence-electron chi connectivity index (χ1n) is 5.89. The Balaban J connectivity index is 2.57. The second-order valence-electron chi connectivity index (χ2n) is 3.74. The highest BCUT2D eigenvalue weighted by Crippen LogP contribution is 2.09. The van der Waals surface area contributed by atoms with E-state index in [9.17, 15) is 14.4 Å². The Morgan fingerprint density at radius 3 is 2.43 bits per heavy atom. The molecule has 0 radical (unpaired) electrons. The summed E-state index contributed by atoms with van der Waals surface area (Å²) in [4.78, 5) is 38.3. The summed E-state index contributed by atoms with van der Waals surface area (Å²) in [7, 11) is 2.56. The number of hydrogen-bond acceptors (Lipinski definition) is 6. The number of ether oxygens (including phenoxy) is 1. The van der Waals surface area contributed by atoms with E-state index in [2.05, 4.69) is 25.4 Å². The average molecular weight is 293 g/mol. The van der Waals surface area contributed by atoms with Crippen molar-refractivity contribution >= 4 is 29.7 Å². The zero-order valence-electron chi connectivity index (χ0n) is 11.6. The van der Waals surface area contributed by atoms with Gasteiger partial charge in [-0.2, -0.15) is 0 Å². The highest BCUT2D eigenvalue weighted by Gasteiger charge is 2.08. The molecule has 0 aliphatic heterocycles. The van der Waals surface area contributed by atoms with Gasteiger partial charge in [0, 0.05) is 11.3 Å². The van der Waals surface area contributed by atoms with Crippen LogP contribution in [0.3, 0.4) is 0 Å². The van der Waals surface area contributed by atoms with Crippen LogP contribution in [0.15, 0.2) is 29.4 Å². The molecule has 0 heterocycles. The maximum Gasteiger partial charge on any atom is 0.325 e. The Labute approximate surface area is 121 Å². The van der Waals surface area contributed by atoms with E-state index in [1.165, 1.54) is 26.4 Å². The van der Waals surface area contributed by atoms with Gasteiger partial charge >= 0.3 is 5.97 Å². The summed E-state index contributed by atoms with van der Waals surface area (Å²) in [6, 6.07) is 6.11. The van der Waals surface area contributed by atoms with Crippen molar-refractivity contribution in [3.63, 3.8) is 0 Å². The largest absolute Gasteiger partial charge is 0.468 e. The monoisotopic (exact) mass is 293 g/mol. The van der Waals surface area contributed by atoms with Crippen LogP contribution in [-0.2, 0) is 19.2 Å². The summed E-state index contributed by atoms with van der Waals surface area (Å²) in [6.45, 7) is -0.207. The molecule has 0 saturated carbocycles. The van der Waals surface area contributed by atoms with Gasteiger partial charge in [-0.25, -0.2) is 0 Å². The Bertz CT molecular complexity index is 539. The minimum atomic E-state index is -0.537. The normalized spacial score (nSPS) is 10.0. The van der Waals surface area contributed by atoms with Crippen LogP contribution in [0.25, 0.3) is 0 Å². The van der Waals surface area contributed by atoms with E-state index >= 15 is 0 Å². The first-order chi connectivity index (χ1) is 10.1. The van der Waals surface area contributed by atoms with E-state index in [1.807, 2.05) is 0 Å². The van der Waals surface area contributed by atoms with Crippen molar-refractivity contribution in [2.45, 2.75) is 0 Å². The van der Waals surface area contributed by atoms with Crippen molar-refractivity contribution in [3.05, 3.63) is 29.8 Å². The zero-order chi connectivity index (χ0) is 15.7. The quantitative estimate of drug-likeness (QED) is 0.441. The van der Waals surface area contributed by atoms with Gasteiger partial charge in [-0.3, -0.25) is 14.4 Å². The first-order valence-corrected chi connectivity index (χ1v) is 5.89. The summed E-state index contributed by atoms with van der Waals surface area (Å²) < 4.78 is 4.41. The van der Waals surface area contributed by atoms with Gasteiger partial charge < -0.3 is 20.2 Å². The number of nitrogens with zero attached hydrogens (tertiary/aromatic N) is 1. The topological polar surface area (TPSA) is 106 Å². The number of carbonyl (C=O) groups is 3. The summed E-state index contributed by atoms with van der Waals surface area (Å²) >= 11 is 0. The molecule has 8 heteroatoms. The number of methoxy groups -OCH3 is 1. The van der Waals surface area contributed by atoms with Gasteiger partial charge in [0.25, 0.3) is 11.8 Å². The van der Waals surface area contributed by atoms with Crippen molar-refractivity contribution in [2.75, 3.05) is 26.1 Å². The molecule has 1 aromatic rings. The molecule has 1 aromatic carbocycles. The van der Waals surface area contributed by atoms with Crippen LogP contribution in [0.4, 0.5) is 5.69 Å².